The lowest BCUT2D eigenvalue weighted by atomic mass is 10.2. The Morgan fingerprint density at radius 1 is 1.07 bits per heavy atom. The van der Waals surface area contributed by atoms with Crippen LogP contribution in [0.2, 0.25) is 15.1 Å². The van der Waals surface area contributed by atoms with Crippen LogP contribution < -0.4 is 5.56 Å². The average molecular weight is 443 g/mol. The van der Waals surface area contributed by atoms with E-state index in [2.05, 4.69) is 9.97 Å². The van der Waals surface area contributed by atoms with Crippen molar-refractivity contribution in [3.8, 4) is 17.4 Å². The fraction of sp³-hybridized carbons (Fsp3) is 0. The van der Waals surface area contributed by atoms with Gasteiger partial charge in [-0.15, -0.1) is 0 Å². The van der Waals surface area contributed by atoms with Crippen molar-refractivity contribution >= 4 is 57.4 Å². The highest BCUT2D eigenvalue weighted by Gasteiger charge is 2.12. The Morgan fingerprint density at radius 2 is 1.83 bits per heavy atom. The Hall–Kier alpha value is -3.04. The molecule has 5 nitrogen and oxygen atoms in total. The van der Waals surface area contributed by atoms with Crippen LogP contribution in [0.1, 0.15) is 11.6 Å². The van der Waals surface area contributed by atoms with Crippen molar-refractivity contribution < 1.29 is 4.42 Å². The van der Waals surface area contributed by atoms with Crippen LogP contribution in [0.15, 0.2) is 57.7 Å². The van der Waals surface area contributed by atoms with Crippen LogP contribution in [0.5, 0.6) is 0 Å². The molecule has 0 aliphatic rings. The highest BCUT2D eigenvalue weighted by molar-refractivity contribution is 6.35. The van der Waals surface area contributed by atoms with Gasteiger partial charge in [0, 0.05) is 21.7 Å². The van der Waals surface area contributed by atoms with E-state index in [0.717, 1.165) is 0 Å². The summed E-state index contributed by atoms with van der Waals surface area (Å²) < 4.78 is 5.78. The smallest absolute Gasteiger partial charge is 0.259 e. The minimum Gasteiger partial charge on any atom is -0.457 e. The molecule has 8 heteroatoms. The van der Waals surface area contributed by atoms with Crippen LogP contribution in [-0.2, 0) is 0 Å². The number of furan rings is 1. The van der Waals surface area contributed by atoms with E-state index < -0.39 is 0 Å². The highest BCUT2D eigenvalue weighted by Crippen LogP contribution is 2.32. The Morgan fingerprint density at radius 3 is 2.62 bits per heavy atom. The molecule has 1 N–H and O–H groups in total. The number of aromatic amines is 1. The van der Waals surface area contributed by atoms with E-state index in [0.29, 0.717) is 43.1 Å². The summed E-state index contributed by atoms with van der Waals surface area (Å²) in [6.07, 6.45) is 1.49. The largest absolute Gasteiger partial charge is 0.457 e. The molecule has 0 saturated carbocycles. The molecule has 2 aromatic heterocycles. The van der Waals surface area contributed by atoms with Gasteiger partial charge in [-0.1, -0.05) is 34.8 Å². The fourth-order valence-corrected chi connectivity index (χ4v) is 3.35. The van der Waals surface area contributed by atoms with E-state index in [4.69, 9.17) is 39.2 Å². The number of H-pyrrole nitrogens is 1. The maximum absolute atomic E-state index is 12.3. The monoisotopic (exact) mass is 441 g/mol. The molecule has 0 aliphatic heterocycles. The zero-order valence-corrected chi connectivity index (χ0v) is 16.8. The molecule has 0 aliphatic carbocycles. The first-order valence-corrected chi connectivity index (χ1v) is 9.45. The molecule has 0 bridgehead atoms. The summed E-state index contributed by atoms with van der Waals surface area (Å²) in [6, 6.07) is 15.3. The predicted molar refractivity (Wildman–Crippen MR) is 115 cm³/mol. The third-order valence-corrected chi connectivity index (χ3v) is 4.95. The van der Waals surface area contributed by atoms with Crippen LogP contribution in [0, 0.1) is 11.3 Å². The second kappa shape index (κ2) is 7.76. The topological polar surface area (TPSA) is 82.7 Å². The number of aromatic nitrogens is 2. The molecule has 0 fully saturated rings. The number of nitrogens with zero attached hydrogens (tertiary/aromatic N) is 2. The van der Waals surface area contributed by atoms with Gasteiger partial charge in [0.05, 0.1) is 21.5 Å². The second-order valence-electron chi connectivity index (χ2n) is 6.07. The van der Waals surface area contributed by atoms with Crippen molar-refractivity contribution in [2.24, 2.45) is 0 Å². The van der Waals surface area contributed by atoms with Crippen molar-refractivity contribution in [1.82, 2.24) is 9.97 Å². The lowest BCUT2D eigenvalue weighted by molar-refractivity contribution is 0.572. The van der Waals surface area contributed by atoms with Gasteiger partial charge in [0.15, 0.2) is 5.82 Å². The lowest BCUT2D eigenvalue weighted by Gasteiger charge is -2.02. The molecule has 0 spiro atoms. The summed E-state index contributed by atoms with van der Waals surface area (Å²) in [4.78, 5) is 19.3. The van der Waals surface area contributed by atoms with Gasteiger partial charge in [-0.3, -0.25) is 4.79 Å². The first-order valence-electron chi connectivity index (χ1n) is 8.31. The maximum Gasteiger partial charge on any atom is 0.259 e. The normalized spacial score (nSPS) is 11.6. The molecule has 4 aromatic rings. The molecule has 0 atom stereocenters. The number of nitriles is 1. The number of nitrogens with one attached hydrogen (secondary N) is 1. The van der Waals surface area contributed by atoms with Gasteiger partial charge in [0.2, 0.25) is 0 Å². The summed E-state index contributed by atoms with van der Waals surface area (Å²) >= 11 is 18.2. The van der Waals surface area contributed by atoms with Gasteiger partial charge >= 0.3 is 0 Å². The summed E-state index contributed by atoms with van der Waals surface area (Å²) in [7, 11) is 0. The quantitative estimate of drug-likeness (QED) is 0.382. The minimum atomic E-state index is -0.389. The number of fused-ring (bicyclic) bond motifs is 1. The van der Waals surface area contributed by atoms with E-state index in [-0.39, 0.29) is 17.0 Å². The van der Waals surface area contributed by atoms with E-state index in [1.807, 2.05) is 6.07 Å². The zero-order valence-electron chi connectivity index (χ0n) is 14.5. The van der Waals surface area contributed by atoms with Gasteiger partial charge in [-0.25, -0.2) is 4.98 Å². The fourth-order valence-electron chi connectivity index (χ4n) is 2.80. The Balaban J connectivity index is 1.76. The standard InChI is InChI=1S/C21H10Cl3N3O2/c22-12-1-4-17(24)15(8-12)19-6-3-14(29-19)7-11(10-25)20-26-18-5-2-13(23)9-16(18)21(28)27-20/h1-9H,(H,26,27,28)/b11-7+. The van der Waals surface area contributed by atoms with Gasteiger partial charge in [-0.2, -0.15) is 5.26 Å². The molecular weight excluding hydrogens is 433 g/mol. The molecule has 0 unspecified atom stereocenters. The van der Waals surface area contributed by atoms with Crippen molar-refractivity contribution in [3.63, 3.8) is 0 Å². The Bertz CT molecular complexity index is 1380. The average Bonchev–Trinajstić information content (AvgIpc) is 3.17. The van der Waals surface area contributed by atoms with Gasteiger partial charge < -0.3 is 9.40 Å². The van der Waals surface area contributed by atoms with E-state index in [9.17, 15) is 10.1 Å². The molecule has 2 aromatic carbocycles. The molecule has 0 saturated heterocycles. The third-order valence-electron chi connectivity index (χ3n) is 4.15. The molecule has 142 valence electrons. The van der Waals surface area contributed by atoms with Crippen LogP contribution >= 0.6 is 34.8 Å². The third kappa shape index (κ3) is 3.92. The molecule has 2 heterocycles. The van der Waals surface area contributed by atoms with E-state index in [1.54, 1.807) is 42.5 Å². The SMILES string of the molecule is N#C/C(=C\c1ccc(-c2cc(Cl)ccc2Cl)o1)c1nc2ccc(Cl)cc2c(=O)[nH]1. The molecule has 0 amide bonds. The van der Waals surface area contributed by atoms with Crippen molar-refractivity contribution in [2.75, 3.05) is 0 Å². The lowest BCUT2D eigenvalue weighted by Crippen LogP contribution is -2.11. The van der Waals surface area contributed by atoms with E-state index in [1.165, 1.54) is 12.1 Å². The molecular formula is C21H10Cl3N3O2. The molecule has 4 rings (SSSR count). The van der Waals surface area contributed by atoms with Crippen LogP contribution in [0.4, 0.5) is 0 Å². The van der Waals surface area contributed by atoms with Gasteiger partial charge in [-0.05, 0) is 48.5 Å². The number of hydrogen-bond donors (Lipinski definition) is 1. The maximum atomic E-state index is 12.3. The van der Waals surface area contributed by atoms with Crippen molar-refractivity contribution in [2.45, 2.75) is 0 Å². The van der Waals surface area contributed by atoms with Crippen LogP contribution in [-0.4, -0.2) is 9.97 Å². The van der Waals surface area contributed by atoms with E-state index >= 15 is 0 Å². The second-order valence-corrected chi connectivity index (χ2v) is 7.35. The summed E-state index contributed by atoms with van der Waals surface area (Å²) in [5.74, 6) is 1.02. The number of hydrogen-bond acceptors (Lipinski definition) is 4. The number of rotatable bonds is 3. The summed E-state index contributed by atoms with van der Waals surface area (Å²) in [5, 5.41) is 11.3. The number of halogens is 3. The highest BCUT2D eigenvalue weighted by atomic mass is 35.5. The Labute approximate surface area is 179 Å². The first kappa shape index (κ1) is 19.3. The summed E-state index contributed by atoms with van der Waals surface area (Å²) in [5.41, 5.74) is 0.808. The molecule has 29 heavy (non-hydrogen) atoms. The summed E-state index contributed by atoms with van der Waals surface area (Å²) in [6.45, 7) is 0. The zero-order chi connectivity index (χ0) is 20.5. The van der Waals surface area contributed by atoms with Crippen LogP contribution in [0.3, 0.4) is 0 Å². The van der Waals surface area contributed by atoms with Crippen LogP contribution in [0.25, 0.3) is 33.9 Å². The Kier molecular flexibility index (Phi) is 5.16. The minimum absolute atomic E-state index is 0.131. The van der Waals surface area contributed by atoms with Gasteiger partial charge in [0.1, 0.15) is 17.6 Å². The molecule has 0 radical (unpaired) electrons. The van der Waals surface area contributed by atoms with Gasteiger partial charge in [0.25, 0.3) is 5.56 Å². The first-order chi connectivity index (χ1) is 13.9. The van der Waals surface area contributed by atoms with Crippen molar-refractivity contribution in [1.29, 1.82) is 5.26 Å². The van der Waals surface area contributed by atoms with Crippen molar-refractivity contribution in [3.05, 3.63) is 85.5 Å². The predicted octanol–water partition coefficient (Wildman–Crippen LogP) is 6.21. The number of allylic oxidation sites excluding steroid dienone is 1. The number of benzene rings is 2.